The van der Waals surface area contributed by atoms with Crippen LogP contribution in [0.3, 0.4) is 0 Å². The summed E-state index contributed by atoms with van der Waals surface area (Å²) in [7, 11) is 0. The highest BCUT2D eigenvalue weighted by Crippen LogP contribution is 2.26. The largest absolute Gasteiger partial charge is 0.355 e. The Morgan fingerprint density at radius 1 is 1.40 bits per heavy atom. The Bertz CT molecular complexity index is 462. The first-order valence-electron chi connectivity index (χ1n) is 7.57. The zero-order valence-electron chi connectivity index (χ0n) is 12.8. The summed E-state index contributed by atoms with van der Waals surface area (Å²) in [5.74, 6) is 0.692. The van der Waals surface area contributed by atoms with Gasteiger partial charge in [0.1, 0.15) is 0 Å². The van der Waals surface area contributed by atoms with Crippen LogP contribution in [-0.2, 0) is 10.2 Å². The van der Waals surface area contributed by atoms with E-state index in [9.17, 15) is 4.79 Å². The van der Waals surface area contributed by atoms with Crippen molar-refractivity contribution in [1.82, 2.24) is 10.6 Å². The molecule has 1 fully saturated rings. The Morgan fingerprint density at radius 3 is 2.80 bits per heavy atom. The predicted molar refractivity (Wildman–Crippen MR) is 82.8 cm³/mol. The van der Waals surface area contributed by atoms with E-state index in [4.69, 9.17) is 0 Å². The molecule has 1 saturated heterocycles. The third-order valence-electron chi connectivity index (χ3n) is 4.34. The summed E-state index contributed by atoms with van der Waals surface area (Å²) >= 11 is 0. The Kier molecular flexibility index (Phi) is 4.81. The van der Waals surface area contributed by atoms with Crippen molar-refractivity contribution in [2.45, 2.75) is 39.0 Å². The van der Waals surface area contributed by atoms with Gasteiger partial charge in [0.15, 0.2) is 0 Å². The number of piperidine rings is 1. The number of carbonyl (C=O) groups excluding carboxylic acids is 1. The fourth-order valence-corrected chi connectivity index (χ4v) is 2.95. The van der Waals surface area contributed by atoms with Crippen LogP contribution in [0.1, 0.15) is 37.8 Å². The van der Waals surface area contributed by atoms with Gasteiger partial charge in [-0.1, -0.05) is 24.3 Å². The molecule has 1 aromatic carbocycles. The van der Waals surface area contributed by atoms with Crippen LogP contribution < -0.4 is 10.6 Å². The van der Waals surface area contributed by atoms with Crippen LogP contribution in [-0.4, -0.2) is 25.5 Å². The Morgan fingerprint density at radius 2 is 2.15 bits per heavy atom. The number of hydrogen-bond donors (Lipinski definition) is 2. The molecule has 0 aliphatic carbocycles. The summed E-state index contributed by atoms with van der Waals surface area (Å²) in [6, 6.07) is 8.13. The van der Waals surface area contributed by atoms with Crippen molar-refractivity contribution in [1.29, 1.82) is 0 Å². The van der Waals surface area contributed by atoms with Crippen LogP contribution in [0.4, 0.5) is 0 Å². The third-order valence-corrected chi connectivity index (χ3v) is 4.34. The van der Waals surface area contributed by atoms with Gasteiger partial charge >= 0.3 is 0 Å². The van der Waals surface area contributed by atoms with Crippen LogP contribution in [0.25, 0.3) is 0 Å². The second-order valence-electron chi connectivity index (χ2n) is 6.36. The fraction of sp³-hybridized carbons (Fsp3) is 0.588. The Balaban J connectivity index is 1.98. The molecule has 1 amide bonds. The van der Waals surface area contributed by atoms with Gasteiger partial charge in [-0.15, -0.1) is 0 Å². The zero-order valence-corrected chi connectivity index (χ0v) is 12.8. The molecule has 1 aromatic rings. The van der Waals surface area contributed by atoms with Gasteiger partial charge in [-0.2, -0.15) is 0 Å². The number of nitrogens with one attached hydrogen (secondary N) is 2. The lowest BCUT2D eigenvalue weighted by molar-refractivity contribution is -0.125. The smallest absolute Gasteiger partial charge is 0.230 e. The highest BCUT2D eigenvalue weighted by Gasteiger charge is 2.31. The average Bonchev–Trinajstić information content (AvgIpc) is 2.46. The van der Waals surface area contributed by atoms with Crippen LogP contribution in [0, 0.1) is 12.8 Å². The first-order valence-corrected chi connectivity index (χ1v) is 7.57. The van der Waals surface area contributed by atoms with Crippen LogP contribution >= 0.6 is 0 Å². The van der Waals surface area contributed by atoms with Gasteiger partial charge in [0.2, 0.25) is 5.91 Å². The molecule has 3 heteroatoms. The summed E-state index contributed by atoms with van der Waals surface area (Å²) < 4.78 is 0. The van der Waals surface area contributed by atoms with Gasteiger partial charge in [0, 0.05) is 6.54 Å². The molecule has 3 nitrogen and oxygen atoms in total. The topological polar surface area (TPSA) is 41.1 Å². The standard InChI is InChI=1S/C17H26N2O/c1-13-7-4-5-9-15(13)17(2,3)16(20)19-12-14-8-6-10-18-11-14/h4-5,7,9,14,18H,6,8,10-12H2,1-3H3,(H,19,20). The number of hydrogen-bond acceptors (Lipinski definition) is 2. The molecule has 1 atom stereocenters. The minimum Gasteiger partial charge on any atom is -0.355 e. The summed E-state index contributed by atoms with van der Waals surface area (Å²) in [5.41, 5.74) is 1.80. The lowest BCUT2D eigenvalue weighted by Gasteiger charge is -2.28. The lowest BCUT2D eigenvalue weighted by Crippen LogP contribution is -2.44. The molecule has 20 heavy (non-hydrogen) atoms. The van der Waals surface area contributed by atoms with E-state index in [0.717, 1.165) is 25.2 Å². The molecule has 1 heterocycles. The molecule has 110 valence electrons. The molecular formula is C17H26N2O. The van der Waals surface area contributed by atoms with Gasteiger partial charge in [0.05, 0.1) is 5.41 Å². The molecule has 0 saturated carbocycles. The fourth-order valence-electron chi connectivity index (χ4n) is 2.95. The van der Waals surface area contributed by atoms with E-state index in [1.54, 1.807) is 0 Å². The molecule has 2 rings (SSSR count). The van der Waals surface area contributed by atoms with Crippen molar-refractivity contribution >= 4 is 5.91 Å². The van der Waals surface area contributed by atoms with Gasteiger partial charge < -0.3 is 10.6 Å². The molecule has 2 N–H and O–H groups in total. The normalized spacial score (nSPS) is 19.6. The maximum absolute atomic E-state index is 12.5. The molecule has 1 aliphatic heterocycles. The minimum absolute atomic E-state index is 0.123. The second-order valence-corrected chi connectivity index (χ2v) is 6.36. The first kappa shape index (κ1) is 15.0. The molecule has 1 aliphatic rings. The highest BCUT2D eigenvalue weighted by atomic mass is 16.2. The van der Waals surface area contributed by atoms with E-state index in [-0.39, 0.29) is 5.91 Å². The van der Waals surface area contributed by atoms with E-state index >= 15 is 0 Å². The number of benzene rings is 1. The van der Waals surface area contributed by atoms with Crippen molar-refractivity contribution in [2.24, 2.45) is 5.92 Å². The van der Waals surface area contributed by atoms with E-state index in [2.05, 4.69) is 29.7 Å². The maximum atomic E-state index is 12.5. The van der Waals surface area contributed by atoms with Crippen molar-refractivity contribution in [3.63, 3.8) is 0 Å². The Labute approximate surface area is 122 Å². The van der Waals surface area contributed by atoms with Gasteiger partial charge in [-0.05, 0) is 63.7 Å². The van der Waals surface area contributed by atoms with Crippen LogP contribution in [0.5, 0.6) is 0 Å². The van der Waals surface area contributed by atoms with Crippen LogP contribution in [0.2, 0.25) is 0 Å². The van der Waals surface area contributed by atoms with E-state index in [0.29, 0.717) is 5.92 Å². The van der Waals surface area contributed by atoms with Crippen molar-refractivity contribution in [2.75, 3.05) is 19.6 Å². The highest BCUT2D eigenvalue weighted by molar-refractivity contribution is 5.87. The first-order chi connectivity index (χ1) is 9.51. The number of amides is 1. The monoisotopic (exact) mass is 274 g/mol. The third kappa shape index (κ3) is 3.40. The second kappa shape index (κ2) is 6.40. The van der Waals surface area contributed by atoms with Crippen LogP contribution in [0.15, 0.2) is 24.3 Å². The van der Waals surface area contributed by atoms with Gasteiger partial charge in [0.25, 0.3) is 0 Å². The zero-order chi connectivity index (χ0) is 14.6. The van der Waals surface area contributed by atoms with Crippen molar-refractivity contribution in [3.8, 4) is 0 Å². The van der Waals surface area contributed by atoms with Crippen molar-refractivity contribution in [3.05, 3.63) is 35.4 Å². The predicted octanol–water partition coefficient (Wildman–Crippen LogP) is 2.39. The summed E-state index contributed by atoms with van der Waals surface area (Å²) in [6.07, 6.45) is 2.42. The Hall–Kier alpha value is -1.35. The molecule has 1 unspecified atom stereocenters. The number of aryl methyl sites for hydroxylation is 1. The molecule has 0 bridgehead atoms. The van der Waals surface area contributed by atoms with Gasteiger partial charge in [-0.3, -0.25) is 4.79 Å². The summed E-state index contributed by atoms with van der Waals surface area (Å²) in [6.45, 7) is 8.98. The number of rotatable bonds is 4. The quantitative estimate of drug-likeness (QED) is 0.885. The minimum atomic E-state index is -0.479. The maximum Gasteiger partial charge on any atom is 0.230 e. The van der Waals surface area contributed by atoms with E-state index in [1.165, 1.54) is 18.4 Å². The number of carbonyl (C=O) groups is 1. The molecule has 0 aromatic heterocycles. The average molecular weight is 274 g/mol. The molecule has 0 radical (unpaired) electrons. The molecule has 0 spiro atoms. The lowest BCUT2D eigenvalue weighted by atomic mass is 9.81. The molecular weight excluding hydrogens is 248 g/mol. The summed E-state index contributed by atoms with van der Waals surface area (Å²) in [5, 5.41) is 6.53. The van der Waals surface area contributed by atoms with Gasteiger partial charge in [-0.25, -0.2) is 0 Å². The summed E-state index contributed by atoms with van der Waals surface area (Å²) in [4.78, 5) is 12.5. The van der Waals surface area contributed by atoms with E-state index < -0.39 is 5.41 Å². The van der Waals surface area contributed by atoms with Crippen molar-refractivity contribution < 1.29 is 4.79 Å². The SMILES string of the molecule is Cc1ccccc1C(C)(C)C(=O)NCC1CCCNC1. The van der Waals surface area contributed by atoms with E-state index in [1.807, 2.05) is 26.0 Å².